The molecule has 0 amide bonds. The third-order valence-electron chi connectivity index (χ3n) is 4.01. The van der Waals surface area contributed by atoms with Gasteiger partial charge in [0, 0.05) is 5.33 Å². The Balaban J connectivity index is 3.33. The highest BCUT2D eigenvalue weighted by molar-refractivity contribution is 9.09. The van der Waals surface area contributed by atoms with Gasteiger partial charge in [-0.2, -0.15) is 0 Å². The molecule has 0 saturated carbocycles. The summed E-state index contributed by atoms with van der Waals surface area (Å²) in [5, 5.41) is 1.05. The van der Waals surface area contributed by atoms with Crippen molar-refractivity contribution in [3.8, 4) is 0 Å². The molecule has 0 bridgehead atoms. The van der Waals surface area contributed by atoms with Gasteiger partial charge in [0.25, 0.3) is 0 Å². The monoisotopic (exact) mass is 392 g/mol. The van der Waals surface area contributed by atoms with E-state index >= 15 is 0 Å². The molecular weight excluding hydrogens is 356 g/mol. The molecule has 0 N–H and O–H groups in total. The van der Waals surface area contributed by atoms with Crippen LogP contribution in [0.1, 0.15) is 97.3 Å². The van der Waals surface area contributed by atoms with Crippen molar-refractivity contribution in [1.29, 1.82) is 0 Å². The first-order valence-electron chi connectivity index (χ1n) is 9.60. The molecule has 0 aromatic heterocycles. The van der Waals surface area contributed by atoms with E-state index in [-0.39, 0.29) is 6.10 Å². The summed E-state index contributed by atoms with van der Waals surface area (Å²) in [6.45, 7) is 4.68. The van der Waals surface area contributed by atoms with Gasteiger partial charge in [0.2, 0.25) is 0 Å². The van der Waals surface area contributed by atoms with Crippen LogP contribution in [-0.4, -0.2) is 24.2 Å². The van der Waals surface area contributed by atoms with Crippen molar-refractivity contribution in [2.24, 2.45) is 0 Å². The lowest BCUT2D eigenvalue weighted by Gasteiger charge is -2.13. The van der Waals surface area contributed by atoms with Crippen LogP contribution in [-0.2, 0) is 9.47 Å². The summed E-state index contributed by atoms with van der Waals surface area (Å²) in [6.07, 6.45) is 15.2. The highest BCUT2D eigenvalue weighted by Gasteiger charge is 2.10. The molecule has 23 heavy (non-hydrogen) atoms. The van der Waals surface area contributed by atoms with Crippen LogP contribution < -0.4 is 0 Å². The number of carbonyl (C=O) groups excluding carboxylic acids is 1. The van der Waals surface area contributed by atoms with Gasteiger partial charge in [-0.3, -0.25) is 0 Å². The van der Waals surface area contributed by atoms with Crippen molar-refractivity contribution in [2.75, 3.05) is 11.9 Å². The molecule has 0 radical (unpaired) electrons. The van der Waals surface area contributed by atoms with Crippen LogP contribution in [0.5, 0.6) is 0 Å². The topological polar surface area (TPSA) is 35.5 Å². The van der Waals surface area contributed by atoms with Gasteiger partial charge < -0.3 is 9.47 Å². The molecule has 4 heteroatoms. The van der Waals surface area contributed by atoms with Crippen LogP contribution in [0.3, 0.4) is 0 Å². The first-order chi connectivity index (χ1) is 11.2. The highest BCUT2D eigenvalue weighted by Crippen LogP contribution is 2.12. The van der Waals surface area contributed by atoms with Gasteiger partial charge in [0.1, 0.15) is 6.10 Å². The minimum absolute atomic E-state index is 0.0315. The Bertz CT molecular complexity index is 259. The largest absolute Gasteiger partial charge is 0.508 e. The van der Waals surface area contributed by atoms with E-state index in [2.05, 4.69) is 22.9 Å². The average Bonchev–Trinajstić information content (AvgIpc) is 2.53. The Hall–Kier alpha value is -0.250. The van der Waals surface area contributed by atoms with Crippen molar-refractivity contribution in [3.63, 3.8) is 0 Å². The summed E-state index contributed by atoms with van der Waals surface area (Å²) in [5.74, 6) is 0. The fraction of sp³-hybridized carbons (Fsp3) is 0.947. The van der Waals surface area contributed by atoms with E-state index in [1.165, 1.54) is 57.8 Å². The summed E-state index contributed by atoms with van der Waals surface area (Å²) < 4.78 is 10.4. The average molecular weight is 393 g/mol. The smallest absolute Gasteiger partial charge is 0.434 e. The van der Waals surface area contributed by atoms with Crippen LogP contribution in [0, 0.1) is 0 Å². The predicted octanol–water partition coefficient (Wildman–Crippen LogP) is 7.01. The normalized spacial score (nSPS) is 12.1. The zero-order valence-electron chi connectivity index (χ0n) is 15.3. The molecule has 0 aliphatic carbocycles. The van der Waals surface area contributed by atoms with Gasteiger partial charge in [0.05, 0.1) is 6.61 Å². The van der Waals surface area contributed by atoms with E-state index < -0.39 is 6.16 Å². The second-order valence-corrected chi connectivity index (χ2v) is 7.19. The SMILES string of the molecule is CCCCCCCCCCC(C)OC(=O)OCCCCCCBr. The third-order valence-corrected chi connectivity index (χ3v) is 4.57. The minimum atomic E-state index is -0.502. The molecule has 0 aromatic carbocycles. The highest BCUT2D eigenvalue weighted by atomic mass is 79.9. The predicted molar refractivity (Wildman–Crippen MR) is 101 cm³/mol. The number of rotatable bonds is 16. The molecule has 0 spiro atoms. The number of alkyl halides is 1. The van der Waals surface area contributed by atoms with Crippen LogP contribution in [0.15, 0.2) is 0 Å². The van der Waals surface area contributed by atoms with E-state index in [0.29, 0.717) is 6.61 Å². The molecule has 0 saturated heterocycles. The number of carbonyl (C=O) groups is 1. The maximum Gasteiger partial charge on any atom is 0.508 e. The first kappa shape index (κ1) is 22.8. The second kappa shape index (κ2) is 18.1. The van der Waals surface area contributed by atoms with Crippen LogP contribution in [0.4, 0.5) is 4.79 Å². The number of ether oxygens (including phenoxy) is 2. The number of unbranched alkanes of at least 4 members (excludes halogenated alkanes) is 10. The maximum absolute atomic E-state index is 11.5. The summed E-state index contributed by atoms with van der Waals surface area (Å²) in [4.78, 5) is 11.5. The Morgan fingerprint density at radius 3 is 2.09 bits per heavy atom. The number of hydrogen-bond donors (Lipinski definition) is 0. The molecular formula is C19H37BrO3. The molecule has 0 aliphatic heterocycles. The van der Waals surface area contributed by atoms with Crippen LogP contribution >= 0.6 is 15.9 Å². The van der Waals surface area contributed by atoms with Gasteiger partial charge in [-0.15, -0.1) is 0 Å². The molecule has 138 valence electrons. The van der Waals surface area contributed by atoms with E-state index in [0.717, 1.165) is 31.0 Å². The van der Waals surface area contributed by atoms with Gasteiger partial charge in [0.15, 0.2) is 0 Å². The molecule has 0 fully saturated rings. The zero-order chi connectivity index (χ0) is 17.2. The van der Waals surface area contributed by atoms with E-state index in [9.17, 15) is 4.79 Å². The van der Waals surface area contributed by atoms with Crippen molar-refractivity contribution >= 4 is 22.1 Å². The molecule has 1 atom stereocenters. The van der Waals surface area contributed by atoms with E-state index in [1.54, 1.807) is 0 Å². The fourth-order valence-corrected chi connectivity index (χ4v) is 2.92. The van der Waals surface area contributed by atoms with Gasteiger partial charge >= 0.3 is 6.16 Å². The lowest BCUT2D eigenvalue weighted by Crippen LogP contribution is -2.16. The molecule has 0 rings (SSSR count). The molecule has 1 unspecified atom stereocenters. The first-order valence-corrected chi connectivity index (χ1v) is 10.7. The Kier molecular flexibility index (Phi) is 17.9. The van der Waals surface area contributed by atoms with Crippen molar-refractivity contribution in [3.05, 3.63) is 0 Å². The molecule has 3 nitrogen and oxygen atoms in total. The van der Waals surface area contributed by atoms with E-state index in [4.69, 9.17) is 9.47 Å². The third kappa shape index (κ3) is 17.9. The lowest BCUT2D eigenvalue weighted by molar-refractivity contribution is 0.0251. The lowest BCUT2D eigenvalue weighted by atomic mass is 10.1. The van der Waals surface area contributed by atoms with Crippen molar-refractivity contribution < 1.29 is 14.3 Å². The van der Waals surface area contributed by atoms with Crippen molar-refractivity contribution in [2.45, 2.75) is 103 Å². The summed E-state index contributed by atoms with van der Waals surface area (Å²) >= 11 is 3.41. The Labute approximate surface area is 152 Å². The zero-order valence-corrected chi connectivity index (χ0v) is 16.9. The standard InChI is InChI=1S/C19H37BrO3/c1-3-4-5-6-7-8-9-12-15-18(2)23-19(21)22-17-14-11-10-13-16-20/h18H,3-17H2,1-2H3. The maximum atomic E-state index is 11.5. The summed E-state index contributed by atoms with van der Waals surface area (Å²) in [7, 11) is 0. The Morgan fingerprint density at radius 2 is 1.43 bits per heavy atom. The molecule has 0 aliphatic rings. The number of halogens is 1. The van der Waals surface area contributed by atoms with Crippen molar-refractivity contribution in [1.82, 2.24) is 0 Å². The minimum Gasteiger partial charge on any atom is -0.434 e. The van der Waals surface area contributed by atoms with E-state index in [1.807, 2.05) is 6.92 Å². The summed E-state index contributed by atoms with van der Waals surface area (Å²) in [5.41, 5.74) is 0. The fourth-order valence-electron chi connectivity index (χ4n) is 2.53. The van der Waals surface area contributed by atoms with Gasteiger partial charge in [-0.25, -0.2) is 4.79 Å². The molecule has 0 heterocycles. The molecule has 0 aromatic rings. The Morgan fingerprint density at radius 1 is 0.870 bits per heavy atom. The van der Waals surface area contributed by atoms with Crippen LogP contribution in [0.25, 0.3) is 0 Å². The van der Waals surface area contributed by atoms with Gasteiger partial charge in [-0.1, -0.05) is 80.6 Å². The second-order valence-electron chi connectivity index (χ2n) is 6.39. The number of hydrogen-bond acceptors (Lipinski definition) is 3. The quantitative estimate of drug-likeness (QED) is 0.161. The summed E-state index contributed by atoms with van der Waals surface area (Å²) in [6, 6.07) is 0. The van der Waals surface area contributed by atoms with Crippen LogP contribution in [0.2, 0.25) is 0 Å². The van der Waals surface area contributed by atoms with Gasteiger partial charge in [-0.05, 0) is 32.6 Å².